The Kier molecular flexibility index (Phi) is 4.73. The first kappa shape index (κ1) is 17.0. The Bertz CT molecular complexity index is 640. The maximum atomic E-state index is 12.8. The third-order valence-electron chi connectivity index (χ3n) is 4.02. The molecule has 6 nitrogen and oxygen atoms in total. The van der Waals surface area contributed by atoms with E-state index >= 15 is 0 Å². The van der Waals surface area contributed by atoms with Gasteiger partial charge in [0.05, 0.1) is 12.5 Å². The Morgan fingerprint density at radius 1 is 1.43 bits per heavy atom. The minimum Gasteiger partial charge on any atom is -0.464 e. The van der Waals surface area contributed by atoms with Crippen LogP contribution in [-0.4, -0.2) is 25.0 Å². The first-order chi connectivity index (χ1) is 10.9. The van der Waals surface area contributed by atoms with Crippen LogP contribution in [0.15, 0.2) is 18.2 Å². The van der Waals surface area contributed by atoms with Gasteiger partial charge in [0.15, 0.2) is 5.54 Å². The third kappa shape index (κ3) is 2.81. The van der Waals surface area contributed by atoms with Crippen molar-refractivity contribution >= 4 is 18.3 Å². The van der Waals surface area contributed by atoms with Crippen molar-refractivity contribution in [2.75, 3.05) is 6.61 Å². The van der Waals surface area contributed by atoms with Gasteiger partial charge < -0.3 is 19.6 Å². The van der Waals surface area contributed by atoms with Gasteiger partial charge in [-0.25, -0.2) is 9.59 Å². The average Bonchev–Trinajstić information content (AvgIpc) is 2.48. The number of benzene rings is 1. The molecule has 0 saturated heterocycles. The van der Waals surface area contributed by atoms with Gasteiger partial charge >= 0.3 is 12.1 Å². The van der Waals surface area contributed by atoms with Gasteiger partial charge in [-0.1, -0.05) is 25.5 Å². The molecule has 124 valence electrons. The number of ether oxygens (including phenoxy) is 2. The van der Waals surface area contributed by atoms with Crippen molar-refractivity contribution in [3.8, 4) is 5.75 Å². The lowest BCUT2D eigenvalue weighted by molar-refractivity contribution is -0.157. The van der Waals surface area contributed by atoms with E-state index in [1.165, 1.54) is 0 Å². The minimum absolute atomic E-state index is 0.141. The molecule has 0 fully saturated rings. The molecule has 1 aromatic rings. The number of amides is 1. The van der Waals surface area contributed by atoms with E-state index in [2.05, 4.69) is 5.32 Å². The molecule has 0 spiro atoms. The number of fused-ring (bicyclic) bond motifs is 1. The monoisotopic (exact) mass is 319 g/mol. The SMILES string of the molecule is CCOC(=O)[C@]1([C@@H](C=O)C(C)C)NC(=O)Oc2ccc(C)cc21. The summed E-state index contributed by atoms with van der Waals surface area (Å²) in [5, 5.41) is 2.56. The number of carbonyl (C=O) groups excluding carboxylic acids is 3. The number of carbonyl (C=O) groups is 3. The smallest absolute Gasteiger partial charge is 0.413 e. The zero-order valence-electron chi connectivity index (χ0n) is 13.7. The zero-order chi connectivity index (χ0) is 17.2. The predicted molar refractivity (Wildman–Crippen MR) is 83.0 cm³/mol. The molecule has 0 saturated carbocycles. The fraction of sp³-hybridized carbons (Fsp3) is 0.471. The molecule has 1 amide bonds. The van der Waals surface area contributed by atoms with Crippen molar-refractivity contribution in [3.63, 3.8) is 0 Å². The zero-order valence-corrected chi connectivity index (χ0v) is 13.7. The highest BCUT2D eigenvalue weighted by Crippen LogP contribution is 2.42. The molecule has 0 radical (unpaired) electrons. The lowest BCUT2D eigenvalue weighted by atomic mass is 9.72. The van der Waals surface area contributed by atoms with Crippen LogP contribution in [0.4, 0.5) is 4.79 Å². The van der Waals surface area contributed by atoms with Gasteiger partial charge in [0.25, 0.3) is 0 Å². The van der Waals surface area contributed by atoms with E-state index in [1.54, 1.807) is 25.1 Å². The summed E-state index contributed by atoms with van der Waals surface area (Å²) in [5.74, 6) is -1.37. The Balaban J connectivity index is 2.76. The fourth-order valence-corrected chi connectivity index (χ4v) is 2.96. The molecule has 23 heavy (non-hydrogen) atoms. The number of aldehydes is 1. The average molecular weight is 319 g/mol. The predicted octanol–water partition coefficient (Wildman–Crippen LogP) is 2.33. The van der Waals surface area contributed by atoms with Crippen molar-refractivity contribution in [2.45, 2.75) is 33.2 Å². The summed E-state index contributed by atoms with van der Waals surface area (Å²) < 4.78 is 10.4. The van der Waals surface area contributed by atoms with Gasteiger partial charge in [0.2, 0.25) is 0 Å². The van der Waals surface area contributed by atoms with Crippen LogP contribution in [0.25, 0.3) is 0 Å². The summed E-state index contributed by atoms with van der Waals surface area (Å²) in [5.41, 5.74) is -0.255. The van der Waals surface area contributed by atoms with Crippen molar-refractivity contribution in [3.05, 3.63) is 29.3 Å². The first-order valence-electron chi connectivity index (χ1n) is 7.60. The molecule has 1 aliphatic heterocycles. The van der Waals surface area contributed by atoms with Crippen LogP contribution in [0.3, 0.4) is 0 Å². The molecule has 1 aliphatic rings. The van der Waals surface area contributed by atoms with Crippen LogP contribution >= 0.6 is 0 Å². The second kappa shape index (κ2) is 6.40. The lowest BCUT2D eigenvalue weighted by Crippen LogP contribution is -2.62. The molecule has 1 heterocycles. The van der Waals surface area contributed by atoms with Crippen LogP contribution in [0.2, 0.25) is 0 Å². The van der Waals surface area contributed by atoms with Crippen LogP contribution in [0, 0.1) is 18.8 Å². The number of hydrogen-bond donors (Lipinski definition) is 1. The summed E-state index contributed by atoms with van der Waals surface area (Å²) in [7, 11) is 0. The quantitative estimate of drug-likeness (QED) is 0.665. The summed E-state index contributed by atoms with van der Waals surface area (Å²) in [6, 6.07) is 5.14. The number of nitrogens with one attached hydrogen (secondary N) is 1. The van der Waals surface area contributed by atoms with Crippen LogP contribution in [0.1, 0.15) is 31.9 Å². The Hall–Kier alpha value is -2.37. The molecule has 1 aromatic carbocycles. The normalized spacial score (nSPS) is 21.0. The second-order valence-corrected chi connectivity index (χ2v) is 5.95. The lowest BCUT2D eigenvalue weighted by Gasteiger charge is -2.41. The molecule has 0 aliphatic carbocycles. The highest BCUT2D eigenvalue weighted by atomic mass is 16.6. The molecular weight excluding hydrogens is 298 g/mol. The fourth-order valence-electron chi connectivity index (χ4n) is 2.96. The van der Waals surface area contributed by atoms with E-state index in [4.69, 9.17) is 9.47 Å². The molecule has 2 rings (SSSR count). The molecule has 6 heteroatoms. The standard InChI is InChI=1S/C17H21NO5/c1-5-22-15(20)17(13(9-19)10(2)3)12-8-11(4)6-7-14(12)23-16(21)18-17/h6-10,13H,5H2,1-4H3,(H,18,21)/t13-,17-/m0/s1. The van der Waals surface area contributed by atoms with Gasteiger partial charge in [-0.15, -0.1) is 0 Å². The molecule has 2 atom stereocenters. The third-order valence-corrected chi connectivity index (χ3v) is 4.02. The van der Waals surface area contributed by atoms with Gasteiger partial charge in [-0.05, 0) is 31.9 Å². The van der Waals surface area contributed by atoms with Crippen molar-refractivity contribution in [1.82, 2.24) is 5.32 Å². The minimum atomic E-state index is -1.58. The van der Waals surface area contributed by atoms with Crippen LogP contribution in [0.5, 0.6) is 5.75 Å². The summed E-state index contributed by atoms with van der Waals surface area (Å²) in [6.45, 7) is 7.31. The number of esters is 1. The van der Waals surface area contributed by atoms with Gasteiger partial charge in [0, 0.05) is 5.56 Å². The van der Waals surface area contributed by atoms with Crippen LogP contribution in [-0.2, 0) is 19.9 Å². The van der Waals surface area contributed by atoms with E-state index in [-0.39, 0.29) is 18.3 Å². The molecule has 0 unspecified atom stereocenters. The van der Waals surface area contributed by atoms with Gasteiger partial charge in [-0.3, -0.25) is 0 Å². The molecule has 1 N–H and O–H groups in total. The highest BCUT2D eigenvalue weighted by Gasteiger charge is 2.55. The maximum absolute atomic E-state index is 12.8. The Morgan fingerprint density at radius 3 is 2.70 bits per heavy atom. The van der Waals surface area contributed by atoms with E-state index in [0.717, 1.165) is 5.56 Å². The highest BCUT2D eigenvalue weighted by molar-refractivity contribution is 5.94. The number of rotatable bonds is 5. The van der Waals surface area contributed by atoms with E-state index in [9.17, 15) is 14.4 Å². The van der Waals surface area contributed by atoms with E-state index in [0.29, 0.717) is 11.8 Å². The topological polar surface area (TPSA) is 81.7 Å². The van der Waals surface area contributed by atoms with Crippen LogP contribution < -0.4 is 10.1 Å². The van der Waals surface area contributed by atoms with Gasteiger partial charge in [0.1, 0.15) is 12.0 Å². The van der Waals surface area contributed by atoms with Crippen molar-refractivity contribution in [2.24, 2.45) is 11.8 Å². The van der Waals surface area contributed by atoms with E-state index < -0.39 is 23.5 Å². The maximum Gasteiger partial charge on any atom is 0.413 e. The molecular formula is C17H21NO5. The molecule has 0 aromatic heterocycles. The Morgan fingerprint density at radius 2 is 2.13 bits per heavy atom. The summed E-state index contributed by atoms with van der Waals surface area (Å²) in [4.78, 5) is 36.6. The summed E-state index contributed by atoms with van der Waals surface area (Å²) >= 11 is 0. The summed E-state index contributed by atoms with van der Waals surface area (Å²) in [6.07, 6.45) is -0.0823. The number of aryl methyl sites for hydroxylation is 1. The second-order valence-electron chi connectivity index (χ2n) is 5.95. The molecule has 0 bridgehead atoms. The van der Waals surface area contributed by atoms with Gasteiger partial charge in [-0.2, -0.15) is 0 Å². The number of hydrogen-bond acceptors (Lipinski definition) is 5. The van der Waals surface area contributed by atoms with E-state index in [1.807, 2.05) is 20.8 Å². The van der Waals surface area contributed by atoms with Crippen molar-refractivity contribution in [1.29, 1.82) is 0 Å². The Labute approximate surface area is 135 Å². The van der Waals surface area contributed by atoms with Crippen molar-refractivity contribution < 1.29 is 23.9 Å². The largest absolute Gasteiger partial charge is 0.464 e. The first-order valence-corrected chi connectivity index (χ1v) is 7.60.